The van der Waals surface area contributed by atoms with Crippen molar-refractivity contribution in [1.82, 2.24) is 10.2 Å². The highest BCUT2D eigenvalue weighted by Gasteiger charge is 2.25. The van der Waals surface area contributed by atoms with Gasteiger partial charge in [-0.15, -0.1) is 6.58 Å². The van der Waals surface area contributed by atoms with E-state index in [2.05, 4.69) is 11.9 Å². The third-order valence-corrected chi connectivity index (χ3v) is 2.40. The molecule has 4 heteroatoms. The number of hydrogen-bond donors (Lipinski definition) is 1. The first-order chi connectivity index (χ1) is 6.79. The summed E-state index contributed by atoms with van der Waals surface area (Å²) in [6, 6.07) is -0.338. The number of carbonyl (C=O) groups is 2. The van der Waals surface area contributed by atoms with Gasteiger partial charge in [0.05, 0.1) is 0 Å². The summed E-state index contributed by atoms with van der Waals surface area (Å²) in [5, 5.41) is 2.56. The van der Waals surface area contributed by atoms with Crippen molar-refractivity contribution in [3.8, 4) is 0 Å². The monoisotopic (exact) mass is 196 g/mol. The van der Waals surface area contributed by atoms with Crippen LogP contribution in [0.25, 0.3) is 0 Å². The van der Waals surface area contributed by atoms with Crippen molar-refractivity contribution < 1.29 is 9.59 Å². The summed E-state index contributed by atoms with van der Waals surface area (Å²) in [6.07, 6.45) is 5.02. The minimum atomic E-state index is -0.338. The van der Waals surface area contributed by atoms with Gasteiger partial charge in [0.1, 0.15) is 6.04 Å². The Labute approximate surface area is 84.0 Å². The Morgan fingerprint density at radius 2 is 2.36 bits per heavy atom. The zero-order valence-electron chi connectivity index (χ0n) is 8.24. The molecule has 1 N–H and O–H groups in total. The maximum absolute atomic E-state index is 11.8. The Balaban J connectivity index is 2.63. The van der Waals surface area contributed by atoms with Gasteiger partial charge < -0.3 is 10.2 Å². The van der Waals surface area contributed by atoms with Gasteiger partial charge in [0, 0.05) is 13.1 Å². The molecule has 0 radical (unpaired) electrons. The van der Waals surface area contributed by atoms with E-state index >= 15 is 0 Å². The predicted octanol–water partition coefficient (Wildman–Crippen LogP) is 0.299. The molecule has 0 aromatic heterocycles. The van der Waals surface area contributed by atoms with Gasteiger partial charge in [0.25, 0.3) is 0 Å². The van der Waals surface area contributed by atoms with E-state index in [1.165, 1.54) is 0 Å². The van der Waals surface area contributed by atoms with Gasteiger partial charge in [0.2, 0.25) is 12.3 Å². The molecule has 0 spiro atoms. The van der Waals surface area contributed by atoms with Crippen molar-refractivity contribution in [1.29, 1.82) is 0 Å². The van der Waals surface area contributed by atoms with E-state index < -0.39 is 0 Å². The van der Waals surface area contributed by atoms with E-state index in [9.17, 15) is 9.59 Å². The van der Waals surface area contributed by atoms with Crippen molar-refractivity contribution in [2.75, 3.05) is 13.1 Å². The zero-order chi connectivity index (χ0) is 10.4. The fourth-order valence-corrected chi connectivity index (χ4v) is 1.68. The second-order valence-electron chi connectivity index (χ2n) is 3.41. The van der Waals surface area contributed by atoms with E-state index in [1.54, 1.807) is 11.0 Å². The van der Waals surface area contributed by atoms with Gasteiger partial charge in [-0.2, -0.15) is 0 Å². The number of carbonyl (C=O) groups excluding carboxylic acids is 2. The zero-order valence-corrected chi connectivity index (χ0v) is 8.24. The highest BCUT2D eigenvalue weighted by atomic mass is 16.2. The van der Waals surface area contributed by atoms with Crippen LogP contribution in [0.1, 0.15) is 19.3 Å². The standard InChI is InChI=1S/C10H16N2O2/c1-2-6-12-7-4-3-5-9(10(12)14)11-8-13/h2,8-9H,1,3-7H2,(H,11,13)/t9-/m0/s1. The minimum Gasteiger partial charge on any atom is -0.347 e. The van der Waals surface area contributed by atoms with Crippen LogP contribution in [0.2, 0.25) is 0 Å². The fourth-order valence-electron chi connectivity index (χ4n) is 1.68. The van der Waals surface area contributed by atoms with Crippen LogP contribution in [0.3, 0.4) is 0 Å². The summed E-state index contributed by atoms with van der Waals surface area (Å²) in [5.74, 6) is 0.00880. The summed E-state index contributed by atoms with van der Waals surface area (Å²) in [6.45, 7) is 4.94. The van der Waals surface area contributed by atoms with Crippen LogP contribution in [0.15, 0.2) is 12.7 Å². The molecule has 4 nitrogen and oxygen atoms in total. The Morgan fingerprint density at radius 1 is 1.57 bits per heavy atom. The maximum atomic E-state index is 11.8. The second kappa shape index (κ2) is 5.42. The molecular weight excluding hydrogens is 180 g/mol. The van der Waals surface area contributed by atoms with Gasteiger partial charge in [-0.05, 0) is 19.3 Å². The lowest BCUT2D eigenvalue weighted by atomic mass is 10.1. The molecule has 0 bridgehead atoms. The molecule has 1 fully saturated rings. The van der Waals surface area contributed by atoms with Crippen molar-refractivity contribution in [2.45, 2.75) is 25.3 Å². The molecule has 1 saturated heterocycles. The molecular formula is C10H16N2O2. The SMILES string of the molecule is C=CCN1CCCC[C@H](NC=O)C1=O. The van der Waals surface area contributed by atoms with Crippen molar-refractivity contribution >= 4 is 12.3 Å². The summed E-state index contributed by atoms with van der Waals surface area (Å²) in [7, 11) is 0. The first-order valence-corrected chi connectivity index (χ1v) is 4.89. The lowest BCUT2D eigenvalue weighted by Crippen LogP contribution is -2.44. The predicted molar refractivity (Wildman–Crippen MR) is 53.6 cm³/mol. The number of nitrogens with zero attached hydrogens (tertiary/aromatic N) is 1. The lowest BCUT2D eigenvalue weighted by molar-refractivity contribution is -0.133. The molecule has 0 aliphatic carbocycles. The van der Waals surface area contributed by atoms with E-state index in [1.807, 2.05) is 0 Å². The minimum absolute atomic E-state index is 0.00880. The Hall–Kier alpha value is -1.32. The van der Waals surface area contributed by atoms with E-state index in [-0.39, 0.29) is 11.9 Å². The summed E-state index contributed by atoms with van der Waals surface area (Å²) < 4.78 is 0. The third-order valence-electron chi connectivity index (χ3n) is 2.40. The fraction of sp³-hybridized carbons (Fsp3) is 0.600. The third kappa shape index (κ3) is 2.58. The number of amides is 2. The number of rotatable bonds is 4. The van der Waals surface area contributed by atoms with Crippen LogP contribution in [0.4, 0.5) is 0 Å². The Morgan fingerprint density at radius 3 is 3.00 bits per heavy atom. The van der Waals surface area contributed by atoms with E-state index in [0.717, 1.165) is 25.8 Å². The smallest absolute Gasteiger partial charge is 0.245 e. The molecule has 0 aromatic carbocycles. The number of likely N-dealkylation sites (tertiary alicyclic amines) is 1. The molecule has 1 aliphatic rings. The Kier molecular flexibility index (Phi) is 4.16. The summed E-state index contributed by atoms with van der Waals surface area (Å²) in [5.41, 5.74) is 0. The van der Waals surface area contributed by atoms with Crippen molar-refractivity contribution in [3.05, 3.63) is 12.7 Å². The van der Waals surface area contributed by atoms with Crippen LogP contribution in [-0.2, 0) is 9.59 Å². The first-order valence-electron chi connectivity index (χ1n) is 4.89. The molecule has 14 heavy (non-hydrogen) atoms. The van der Waals surface area contributed by atoms with Gasteiger partial charge in [-0.1, -0.05) is 6.08 Å². The van der Waals surface area contributed by atoms with Gasteiger partial charge in [-0.25, -0.2) is 0 Å². The highest BCUT2D eigenvalue weighted by Crippen LogP contribution is 2.11. The number of hydrogen-bond acceptors (Lipinski definition) is 2. The average Bonchev–Trinajstić information content (AvgIpc) is 2.34. The normalized spacial score (nSPS) is 22.7. The molecule has 0 unspecified atom stereocenters. The summed E-state index contributed by atoms with van der Waals surface area (Å²) >= 11 is 0. The molecule has 1 rings (SSSR count). The molecule has 0 saturated carbocycles. The van der Waals surface area contributed by atoms with Gasteiger partial charge in [-0.3, -0.25) is 9.59 Å². The van der Waals surface area contributed by atoms with E-state index in [4.69, 9.17) is 0 Å². The lowest BCUT2D eigenvalue weighted by Gasteiger charge is -2.22. The topological polar surface area (TPSA) is 49.4 Å². The molecule has 1 atom stereocenters. The molecule has 0 aromatic rings. The van der Waals surface area contributed by atoms with Crippen LogP contribution in [0.5, 0.6) is 0 Å². The van der Waals surface area contributed by atoms with Gasteiger partial charge >= 0.3 is 0 Å². The van der Waals surface area contributed by atoms with Crippen molar-refractivity contribution in [2.24, 2.45) is 0 Å². The van der Waals surface area contributed by atoms with Crippen LogP contribution in [-0.4, -0.2) is 36.3 Å². The maximum Gasteiger partial charge on any atom is 0.245 e. The van der Waals surface area contributed by atoms with Gasteiger partial charge in [0.15, 0.2) is 0 Å². The van der Waals surface area contributed by atoms with Crippen LogP contribution >= 0.6 is 0 Å². The largest absolute Gasteiger partial charge is 0.347 e. The Bertz CT molecular complexity index is 206. The number of nitrogens with one attached hydrogen (secondary N) is 1. The second-order valence-corrected chi connectivity index (χ2v) is 3.41. The van der Waals surface area contributed by atoms with Crippen LogP contribution in [0, 0.1) is 0 Å². The van der Waals surface area contributed by atoms with Crippen molar-refractivity contribution in [3.63, 3.8) is 0 Å². The molecule has 1 aliphatic heterocycles. The average molecular weight is 196 g/mol. The first kappa shape index (κ1) is 10.8. The highest BCUT2D eigenvalue weighted by molar-refractivity contribution is 5.84. The van der Waals surface area contributed by atoms with E-state index in [0.29, 0.717) is 13.0 Å². The molecule has 2 amide bonds. The molecule has 78 valence electrons. The van der Waals surface area contributed by atoms with Crippen LogP contribution < -0.4 is 5.32 Å². The molecule has 1 heterocycles. The quantitative estimate of drug-likeness (QED) is 0.519. The summed E-state index contributed by atoms with van der Waals surface area (Å²) in [4.78, 5) is 23.8.